The van der Waals surface area contributed by atoms with E-state index < -0.39 is 0 Å². The van der Waals surface area contributed by atoms with E-state index in [0.717, 1.165) is 5.69 Å². The molecule has 0 aromatic heterocycles. The summed E-state index contributed by atoms with van der Waals surface area (Å²) in [6.45, 7) is 0. The number of hydrogen-bond donors (Lipinski definition) is 1. The quantitative estimate of drug-likeness (QED) is 0.623. The minimum Gasteiger partial charge on any atom is -0.399 e. The van der Waals surface area contributed by atoms with Crippen molar-refractivity contribution >= 4 is 5.69 Å². The molecule has 12 heavy (non-hydrogen) atoms. The summed E-state index contributed by atoms with van der Waals surface area (Å²) in [4.78, 5) is 0. The SMILES string of the molecule is Nc1ccc(C2C=CC=C2)cc1. The average Bonchev–Trinajstić information content (AvgIpc) is 2.58. The average molecular weight is 157 g/mol. The molecule has 0 radical (unpaired) electrons. The molecule has 0 bridgehead atoms. The first-order chi connectivity index (χ1) is 5.86. The van der Waals surface area contributed by atoms with Crippen molar-refractivity contribution in [3.05, 3.63) is 54.1 Å². The van der Waals surface area contributed by atoms with Gasteiger partial charge < -0.3 is 5.73 Å². The summed E-state index contributed by atoms with van der Waals surface area (Å²) in [6.07, 6.45) is 8.49. The number of allylic oxidation sites excluding steroid dienone is 4. The monoisotopic (exact) mass is 157 g/mol. The van der Waals surface area contributed by atoms with Crippen molar-refractivity contribution in [3.63, 3.8) is 0 Å². The Morgan fingerprint density at radius 3 is 2.08 bits per heavy atom. The number of rotatable bonds is 1. The van der Waals surface area contributed by atoms with Crippen LogP contribution in [-0.4, -0.2) is 0 Å². The summed E-state index contributed by atoms with van der Waals surface area (Å²) in [5, 5.41) is 0. The highest BCUT2D eigenvalue weighted by Gasteiger charge is 2.05. The molecule has 1 heteroatoms. The third-order valence-corrected chi connectivity index (χ3v) is 2.07. The van der Waals surface area contributed by atoms with E-state index in [-0.39, 0.29) is 0 Å². The predicted molar refractivity (Wildman–Crippen MR) is 51.9 cm³/mol. The second-order valence-corrected chi connectivity index (χ2v) is 2.96. The van der Waals surface area contributed by atoms with Crippen molar-refractivity contribution in [3.8, 4) is 0 Å². The topological polar surface area (TPSA) is 26.0 Å². The van der Waals surface area contributed by atoms with Gasteiger partial charge in [-0.3, -0.25) is 0 Å². The minimum absolute atomic E-state index is 0.450. The summed E-state index contributed by atoms with van der Waals surface area (Å²) >= 11 is 0. The highest BCUT2D eigenvalue weighted by Crippen LogP contribution is 2.23. The largest absolute Gasteiger partial charge is 0.399 e. The number of benzene rings is 1. The lowest BCUT2D eigenvalue weighted by molar-refractivity contribution is 1.11. The van der Waals surface area contributed by atoms with Crippen LogP contribution in [-0.2, 0) is 0 Å². The van der Waals surface area contributed by atoms with Crippen LogP contribution in [0, 0.1) is 0 Å². The van der Waals surface area contributed by atoms with E-state index in [1.54, 1.807) is 0 Å². The second kappa shape index (κ2) is 2.86. The maximum absolute atomic E-state index is 5.59. The number of nitrogens with two attached hydrogens (primary N) is 1. The fourth-order valence-electron chi connectivity index (χ4n) is 1.37. The van der Waals surface area contributed by atoms with Crippen LogP contribution in [0.1, 0.15) is 11.5 Å². The van der Waals surface area contributed by atoms with E-state index >= 15 is 0 Å². The molecule has 2 N–H and O–H groups in total. The molecule has 60 valence electrons. The molecule has 1 nitrogen and oxygen atoms in total. The van der Waals surface area contributed by atoms with Crippen molar-refractivity contribution < 1.29 is 0 Å². The van der Waals surface area contributed by atoms with Crippen molar-refractivity contribution in [2.24, 2.45) is 0 Å². The molecule has 0 atom stereocenters. The molecule has 1 aliphatic carbocycles. The Morgan fingerprint density at radius 2 is 1.50 bits per heavy atom. The smallest absolute Gasteiger partial charge is 0.0314 e. The number of hydrogen-bond acceptors (Lipinski definition) is 1. The first kappa shape index (κ1) is 7.17. The van der Waals surface area contributed by atoms with Crippen LogP contribution in [0.2, 0.25) is 0 Å². The maximum Gasteiger partial charge on any atom is 0.0314 e. The molecular formula is C11H11N. The molecule has 0 heterocycles. The van der Waals surface area contributed by atoms with Crippen molar-refractivity contribution in [1.29, 1.82) is 0 Å². The molecule has 0 amide bonds. The number of nitrogen functional groups attached to an aromatic ring is 1. The van der Waals surface area contributed by atoms with E-state index in [0.29, 0.717) is 5.92 Å². The summed E-state index contributed by atoms with van der Waals surface area (Å²) in [5.74, 6) is 0.450. The van der Waals surface area contributed by atoms with E-state index in [9.17, 15) is 0 Å². The molecule has 1 aliphatic rings. The third kappa shape index (κ3) is 1.26. The third-order valence-electron chi connectivity index (χ3n) is 2.07. The first-order valence-electron chi connectivity index (χ1n) is 4.07. The Hall–Kier alpha value is -1.50. The molecule has 0 saturated heterocycles. The van der Waals surface area contributed by atoms with Crippen LogP contribution >= 0.6 is 0 Å². The van der Waals surface area contributed by atoms with Crippen LogP contribution in [0.25, 0.3) is 0 Å². The van der Waals surface area contributed by atoms with E-state index in [2.05, 4.69) is 36.4 Å². The van der Waals surface area contributed by atoms with Gasteiger partial charge in [0, 0.05) is 11.6 Å². The van der Waals surface area contributed by atoms with Crippen molar-refractivity contribution in [2.75, 3.05) is 5.73 Å². The molecule has 1 aromatic carbocycles. The van der Waals surface area contributed by atoms with Gasteiger partial charge >= 0.3 is 0 Å². The van der Waals surface area contributed by atoms with E-state index in [1.165, 1.54) is 5.56 Å². The Kier molecular flexibility index (Phi) is 1.71. The maximum atomic E-state index is 5.59. The van der Waals surface area contributed by atoms with Gasteiger partial charge in [-0.2, -0.15) is 0 Å². The zero-order valence-corrected chi connectivity index (χ0v) is 6.77. The molecular weight excluding hydrogens is 146 g/mol. The highest BCUT2D eigenvalue weighted by molar-refractivity contribution is 5.43. The van der Waals surface area contributed by atoms with Crippen LogP contribution < -0.4 is 5.73 Å². The zero-order chi connectivity index (χ0) is 8.39. The normalized spacial score (nSPS) is 15.7. The lowest BCUT2D eigenvalue weighted by Crippen LogP contribution is -1.89. The van der Waals surface area contributed by atoms with Crippen molar-refractivity contribution in [2.45, 2.75) is 5.92 Å². The molecule has 1 aromatic rings. The van der Waals surface area contributed by atoms with Crippen molar-refractivity contribution in [1.82, 2.24) is 0 Å². The van der Waals surface area contributed by atoms with E-state index in [1.807, 2.05) is 12.1 Å². The summed E-state index contributed by atoms with van der Waals surface area (Å²) in [5.41, 5.74) is 7.71. The van der Waals surface area contributed by atoms with Gasteiger partial charge in [-0.05, 0) is 17.7 Å². The summed E-state index contributed by atoms with van der Waals surface area (Å²) in [6, 6.07) is 8.02. The predicted octanol–water partition coefficient (Wildman–Crippen LogP) is 2.48. The minimum atomic E-state index is 0.450. The van der Waals surface area contributed by atoms with E-state index in [4.69, 9.17) is 5.73 Å². The van der Waals surface area contributed by atoms with Gasteiger partial charge in [0.25, 0.3) is 0 Å². The lowest BCUT2D eigenvalue weighted by Gasteiger charge is -2.04. The summed E-state index contributed by atoms with van der Waals surface area (Å²) < 4.78 is 0. The van der Waals surface area contributed by atoms with Gasteiger partial charge in [0.1, 0.15) is 0 Å². The van der Waals surface area contributed by atoms with Gasteiger partial charge in [0.05, 0.1) is 0 Å². The Labute approximate surface area is 72.2 Å². The van der Waals surface area contributed by atoms with Crippen LogP contribution in [0.5, 0.6) is 0 Å². The Morgan fingerprint density at radius 1 is 0.917 bits per heavy atom. The molecule has 2 rings (SSSR count). The molecule has 0 fully saturated rings. The first-order valence-corrected chi connectivity index (χ1v) is 4.07. The fraction of sp³-hybridized carbons (Fsp3) is 0.0909. The Balaban J connectivity index is 2.29. The van der Waals surface area contributed by atoms with Crippen LogP contribution in [0.15, 0.2) is 48.6 Å². The van der Waals surface area contributed by atoms with Gasteiger partial charge in [-0.15, -0.1) is 0 Å². The van der Waals surface area contributed by atoms with Crippen LogP contribution in [0.4, 0.5) is 5.69 Å². The van der Waals surface area contributed by atoms with Gasteiger partial charge in [-0.25, -0.2) is 0 Å². The van der Waals surface area contributed by atoms with Gasteiger partial charge in [0.2, 0.25) is 0 Å². The fourth-order valence-corrected chi connectivity index (χ4v) is 1.37. The highest BCUT2D eigenvalue weighted by atomic mass is 14.5. The lowest BCUT2D eigenvalue weighted by atomic mass is 10.0. The molecule has 0 saturated carbocycles. The van der Waals surface area contributed by atoms with Crippen LogP contribution in [0.3, 0.4) is 0 Å². The standard InChI is InChI=1S/C11H11N/c12-11-7-5-10(6-8-11)9-3-1-2-4-9/h1-9H,12H2. The Bertz CT molecular complexity index is 307. The summed E-state index contributed by atoms with van der Waals surface area (Å²) in [7, 11) is 0. The molecule has 0 aliphatic heterocycles. The van der Waals surface area contributed by atoms with Gasteiger partial charge in [0.15, 0.2) is 0 Å². The zero-order valence-electron chi connectivity index (χ0n) is 6.77. The second-order valence-electron chi connectivity index (χ2n) is 2.96. The molecule has 0 spiro atoms. The number of anilines is 1. The van der Waals surface area contributed by atoms with Gasteiger partial charge in [-0.1, -0.05) is 36.4 Å². The molecule has 0 unspecified atom stereocenters.